The van der Waals surface area contributed by atoms with Crippen LogP contribution in [0.2, 0.25) is 0 Å². The Balaban J connectivity index is 1.81. The first-order valence-electron chi connectivity index (χ1n) is 11.6. The van der Waals surface area contributed by atoms with E-state index in [1.165, 1.54) is 11.4 Å². The van der Waals surface area contributed by atoms with Crippen LogP contribution in [0.1, 0.15) is 48.0 Å². The summed E-state index contributed by atoms with van der Waals surface area (Å²) in [6.45, 7) is 22.9. The van der Waals surface area contributed by atoms with E-state index >= 15 is 0 Å². The molecule has 4 aliphatic rings. The zero-order valence-corrected chi connectivity index (χ0v) is 21.9. The van der Waals surface area contributed by atoms with E-state index in [4.69, 9.17) is 0 Å². The maximum absolute atomic E-state index is 10.8. The van der Waals surface area contributed by atoms with Gasteiger partial charge in [-0.3, -0.25) is 10.0 Å². The molecule has 1 saturated heterocycles. The Morgan fingerprint density at radius 3 is 1.97 bits per heavy atom. The van der Waals surface area contributed by atoms with E-state index in [-0.39, 0.29) is 23.2 Å². The molecule has 0 aromatic carbocycles. The second-order valence-corrected chi connectivity index (χ2v) is 18.3. The van der Waals surface area contributed by atoms with E-state index in [9.17, 15) is 5.26 Å². The lowest BCUT2D eigenvalue weighted by molar-refractivity contribution is -0.161. The monoisotopic (exact) mass is 442 g/mol. The number of nitrogens with zero attached hydrogens (tertiary/aromatic N) is 5. The summed E-state index contributed by atoms with van der Waals surface area (Å²) in [6, 6.07) is 2.93. The minimum atomic E-state index is -1.18. The first-order valence-corrected chi connectivity index (χ1v) is 14.9. The van der Waals surface area contributed by atoms with Gasteiger partial charge in [-0.05, 0) is 23.0 Å². The van der Waals surface area contributed by atoms with Gasteiger partial charge in [0.1, 0.15) is 17.7 Å². The summed E-state index contributed by atoms with van der Waals surface area (Å²) in [4.78, 5) is 4.97. The van der Waals surface area contributed by atoms with Crippen LogP contribution in [0.3, 0.4) is 0 Å². The van der Waals surface area contributed by atoms with Crippen LogP contribution in [0, 0.1) is 27.6 Å². The maximum Gasteiger partial charge on any atom is 0.144 e. The van der Waals surface area contributed by atoms with Crippen molar-refractivity contribution in [3.05, 3.63) is 35.9 Å². The highest BCUT2D eigenvalue weighted by molar-refractivity contribution is 7.73. The molecule has 0 N–H and O–H groups in total. The summed E-state index contributed by atoms with van der Waals surface area (Å²) >= 11 is 0. The molecular weight excluding hydrogens is 401 g/mol. The number of hydrazine groups is 1. The van der Waals surface area contributed by atoms with Crippen LogP contribution in [0.5, 0.6) is 0 Å². The summed E-state index contributed by atoms with van der Waals surface area (Å²) in [5.74, 6) is 0. The zero-order valence-electron chi connectivity index (χ0n) is 21.0. The fourth-order valence-corrected chi connectivity index (χ4v) is 7.88. The van der Waals surface area contributed by atoms with Crippen molar-refractivity contribution < 1.29 is 0 Å². The van der Waals surface area contributed by atoms with Gasteiger partial charge in [0.25, 0.3) is 0 Å². The molecule has 0 aliphatic carbocycles. The van der Waals surface area contributed by atoms with E-state index in [1.807, 2.05) is 0 Å². The SMILES string of the molecule is CC(C)(C)CN1C=C2C=CC3=CN(CC(C)(C)C)C4N3N2C1CC4(C#N)C[P+](C)(C)C. The third kappa shape index (κ3) is 4.09. The third-order valence-electron chi connectivity index (χ3n) is 6.33. The predicted molar refractivity (Wildman–Crippen MR) is 131 cm³/mol. The van der Waals surface area contributed by atoms with Crippen molar-refractivity contribution in [1.82, 2.24) is 19.8 Å². The average Bonchev–Trinajstić information content (AvgIpc) is 3.08. The molecule has 4 rings (SSSR count). The maximum atomic E-state index is 10.8. The van der Waals surface area contributed by atoms with Crippen molar-refractivity contribution >= 4 is 7.26 Å². The summed E-state index contributed by atoms with van der Waals surface area (Å²) in [6.07, 6.45) is 11.3. The number of allylic oxidation sites excluding steroid dienone is 2. The molecule has 0 bridgehead atoms. The Bertz CT molecular complexity index is 876. The molecule has 1 fully saturated rings. The Morgan fingerprint density at radius 1 is 0.935 bits per heavy atom. The molecule has 5 nitrogen and oxygen atoms in total. The van der Waals surface area contributed by atoms with Crippen molar-refractivity contribution in [2.75, 3.05) is 39.2 Å². The predicted octanol–water partition coefficient (Wildman–Crippen LogP) is 4.95. The van der Waals surface area contributed by atoms with Gasteiger partial charge in [-0.1, -0.05) is 41.5 Å². The van der Waals surface area contributed by atoms with Crippen molar-refractivity contribution in [2.24, 2.45) is 16.2 Å². The molecule has 0 aromatic heterocycles. The van der Waals surface area contributed by atoms with Gasteiger partial charge in [0.15, 0.2) is 0 Å². The summed E-state index contributed by atoms with van der Waals surface area (Å²) < 4.78 is 0. The molecule has 0 saturated carbocycles. The first kappa shape index (κ1) is 22.5. The van der Waals surface area contributed by atoms with Crippen LogP contribution in [-0.2, 0) is 0 Å². The highest BCUT2D eigenvalue weighted by Gasteiger charge is 2.62. The Labute approximate surface area is 190 Å². The molecule has 170 valence electrons. The minimum absolute atomic E-state index is 0.0603. The third-order valence-corrected chi connectivity index (χ3v) is 7.84. The summed E-state index contributed by atoms with van der Waals surface area (Å²) in [7, 11) is -1.18. The highest BCUT2D eigenvalue weighted by Crippen LogP contribution is 2.59. The van der Waals surface area contributed by atoms with Gasteiger partial charge in [0.05, 0.1) is 23.6 Å². The first-order chi connectivity index (χ1) is 14.1. The van der Waals surface area contributed by atoms with Gasteiger partial charge >= 0.3 is 0 Å². The van der Waals surface area contributed by atoms with Crippen LogP contribution in [0.4, 0.5) is 0 Å². The number of nitriles is 1. The van der Waals surface area contributed by atoms with E-state index < -0.39 is 12.7 Å². The van der Waals surface area contributed by atoms with Crippen LogP contribution in [-0.4, -0.2) is 71.4 Å². The smallest absolute Gasteiger partial charge is 0.144 e. The van der Waals surface area contributed by atoms with Gasteiger partial charge in [-0.25, -0.2) is 0 Å². The minimum Gasteiger partial charge on any atom is -0.353 e. The summed E-state index contributed by atoms with van der Waals surface area (Å²) in [5.41, 5.74) is 2.43. The van der Waals surface area contributed by atoms with Crippen LogP contribution in [0.15, 0.2) is 35.9 Å². The van der Waals surface area contributed by atoms with E-state index in [2.05, 4.69) is 112 Å². The molecule has 0 radical (unpaired) electrons. The summed E-state index contributed by atoms with van der Waals surface area (Å²) in [5, 5.41) is 15.7. The molecule has 3 unspecified atom stereocenters. The van der Waals surface area contributed by atoms with E-state index in [0.717, 1.165) is 25.7 Å². The van der Waals surface area contributed by atoms with Gasteiger partial charge in [0.2, 0.25) is 0 Å². The van der Waals surface area contributed by atoms with Gasteiger partial charge in [-0.15, -0.1) is 0 Å². The quantitative estimate of drug-likeness (QED) is 0.576. The lowest BCUT2D eigenvalue weighted by Crippen LogP contribution is -2.68. The van der Waals surface area contributed by atoms with Gasteiger partial charge in [0, 0.05) is 59.2 Å². The lowest BCUT2D eigenvalue weighted by Gasteiger charge is -2.57. The second-order valence-electron chi connectivity index (χ2n) is 13.4. The van der Waals surface area contributed by atoms with Crippen molar-refractivity contribution in [3.8, 4) is 6.07 Å². The van der Waals surface area contributed by atoms with Crippen molar-refractivity contribution in [3.63, 3.8) is 0 Å². The van der Waals surface area contributed by atoms with Crippen LogP contribution in [0.25, 0.3) is 0 Å². The normalized spacial score (nSPS) is 29.8. The van der Waals surface area contributed by atoms with E-state index in [0.29, 0.717) is 0 Å². The standard InChI is InChI=1S/C25H41N5P/c1-23(2,3)16-27-13-19-10-11-20-14-28(17-24(4,5)6)22-25(15-26,18-31(7,8)9)12-21(27)29(19)30(20)22/h10-11,13-14,21-22H,12,16-18H2,1-9H3/q+1. The second kappa shape index (κ2) is 6.92. The Morgan fingerprint density at radius 2 is 1.45 bits per heavy atom. The fraction of sp³-hybridized carbons (Fsp3) is 0.720. The van der Waals surface area contributed by atoms with Crippen LogP contribution < -0.4 is 0 Å². The highest BCUT2D eigenvalue weighted by atomic mass is 31.2. The van der Waals surface area contributed by atoms with E-state index in [1.54, 1.807) is 0 Å². The molecule has 31 heavy (non-hydrogen) atoms. The molecule has 0 aromatic rings. The molecular formula is C25H41N5P+. The largest absolute Gasteiger partial charge is 0.353 e. The zero-order chi connectivity index (χ0) is 23.0. The van der Waals surface area contributed by atoms with Crippen molar-refractivity contribution in [1.29, 1.82) is 5.26 Å². The van der Waals surface area contributed by atoms with Gasteiger partial charge in [-0.2, -0.15) is 5.26 Å². The Hall–Kier alpha value is -1.66. The molecule has 4 heterocycles. The van der Waals surface area contributed by atoms with Crippen molar-refractivity contribution in [2.45, 2.75) is 60.3 Å². The number of rotatable bonds is 4. The number of hydrogen-bond donors (Lipinski definition) is 0. The van der Waals surface area contributed by atoms with Gasteiger partial charge < -0.3 is 9.80 Å². The topological polar surface area (TPSA) is 36.8 Å². The molecule has 6 heteroatoms. The molecule has 0 spiro atoms. The molecule has 0 amide bonds. The molecule has 4 aliphatic heterocycles. The fourth-order valence-electron chi connectivity index (χ4n) is 5.83. The lowest BCUT2D eigenvalue weighted by atomic mass is 9.79. The molecule has 3 atom stereocenters. The van der Waals surface area contributed by atoms with Crippen LogP contribution >= 0.6 is 7.26 Å². The average molecular weight is 443 g/mol. The Kier molecular flexibility index (Phi) is 5.03. The number of hydrogen-bond acceptors (Lipinski definition) is 5.